The largest absolute Gasteiger partial charge is 0.103 e. The van der Waals surface area contributed by atoms with Crippen molar-refractivity contribution in [3.05, 3.63) is 12.7 Å². The summed E-state index contributed by atoms with van der Waals surface area (Å²) < 4.78 is 0. The second-order valence-corrected chi connectivity index (χ2v) is 5.67. The predicted octanol–water partition coefficient (Wildman–Crippen LogP) is 7.04. The van der Waals surface area contributed by atoms with Gasteiger partial charge in [-0.2, -0.15) is 0 Å². The number of hydrogen-bond donors (Lipinski definition) is 0. The van der Waals surface area contributed by atoms with Gasteiger partial charge in [0.15, 0.2) is 0 Å². The minimum atomic E-state index is 0. The van der Waals surface area contributed by atoms with E-state index in [2.05, 4.69) is 13.5 Å². The molecule has 0 amide bonds. The van der Waals surface area contributed by atoms with Crippen molar-refractivity contribution in [3.63, 3.8) is 0 Å². The molecule has 0 unspecified atom stereocenters. The number of allylic oxidation sites excluding steroid dienone is 1. The predicted molar refractivity (Wildman–Crippen MR) is 85.1 cm³/mol. The van der Waals surface area contributed by atoms with Gasteiger partial charge in [-0.15, -0.1) is 6.58 Å². The molecule has 0 aliphatic rings. The van der Waals surface area contributed by atoms with Gasteiger partial charge in [-0.25, -0.2) is 0 Å². The normalized spacial score (nSPS) is 10.2. The molecule has 0 N–H and O–H groups in total. The van der Waals surface area contributed by atoms with Crippen LogP contribution in [0.5, 0.6) is 0 Å². The molecule has 0 aromatic rings. The van der Waals surface area contributed by atoms with Crippen LogP contribution in [0, 0.1) is 37.3 Å². The summed E-state index contributed by atoms with van der Waals surface area (Å²) in [6, 6.07) is 0. The third-order valence-corrected chi connectivity index (χ3v) is 3.76. The summed E-state index contributed by atoms with van der Waals surface area (Å²) >= 11 is 0. The fourth-order valence-corrected chi connectivity index (χ4v) is 2.48. The van der Waals surface area contributed by atoms with Gasteiger partial charge in [0.1, 0.15) is 0 Å². The van der Waals surface area contributed by atoms with E-state index in [0.717, 1.165) is 0 Å². The van der Waals surface area contributed by atoms with E-state index in [9.17, 15) is 0 Å². The van der Waals surface area contributed by atoms with Gasteiger partial charge in [-0.1, -0.05) is 96.5 Å². The molecule has 1 heteroatoms. The molecule has 0 spiro atoms. The van der Waals surface area contributed by atoms with E-state index in [1.165, 1.54) is 96.3 Å². The summed E-state index contributed by atoms with van der Waals surface area (Å²) in [5, 5.41) is 0. The van der Waals surface area contributed by atoms with Crippen molar-refractivity contribution >= 4 is 0 Å². The maximum absolute atomic E-state index is 3.76. The summed E-state index contributed by atoms with van der Waals surface area (Å²) in [6.45, 7) is 6.05. The molecule has 0 bridgehead atoms. The first kappa shape index (κ1) is 22.3. The Morgan fingerprint density at radius 1 is 0.579 bits per heavy atom. The van der Waals surface area contributed by atoms with E-state index >= 15 is 0 Å². The molecule has 0 fully saturated rings. The van der Waals surface area contributed by atoms with Gasteiger partial charge in [-0.3, -0.25) is 0 Å². The summed E-state index contributed by atoms with van der Waals surface area (Å²) in [5.74, 6) is 0. The van der Waals surface area contributed by atoms with E-state index in [1.807, 2.05) is 6.08 Å². The van der Waals surface area contributed by atoms with E-state index in [1.54, 1.807) is 0 Å². The van der Waals surface area contributed by atoms with Gasteiger partial charge in [0, 0.05) is 37.3 Å². The first-order valence-electron chi connectivity index (χ1n) is 8.52. The first-order valence-corrected chi connectivity index (χ1v) is 8.52. The Bertz CT molecular complexity index is 154. The van der Waals surface area contributed by atoms with E-state index in [4.69, 9.17) is 0 Å². The van der Waals surface area contributed by atoms with Gasteiger partial charge in [0.05, 0.1) is 0 Å². The molecular weight excluding hydrogens is 383 g/mol. The van der Waals surface area contributed by atoms with Gasteiger partial charge >= 0.3 is 0 Å². The summed E-state index contributed by atoms with van der Waals surface area (Å²) in [7, 11) is 0. The maximum Gasteiger partial charge on any atom is 0 e. The minimum Gasteiger partial charge on any atom is -0.103 e. The standard InChI is InChI=1S/C18H36.Er/c1-3-5-7-9-11-13-15-17-18-16-14-12-10-8-6-4-2;/h3H,1,4-18H2,2H3;. The molecule has 0 aromatic carbocycles. The molecular formula is C18H36Er. The summed E-state index contributed by atoms with van der Waals surface area (Å²) in [4.78, 5) is 0. The van der Waals surface area contributed by atoms with Crippen molar-refractivity contribution < 1.29 is 37.3 Å². The molecule has 0 rings (SSSR count). The molecule has 0 saturated carbocycles. The van der Waals surface area contributed by atoms with Crippen LogP contribution in [0.1, 0.15) is 103 Å². The third kappa shape index (κ3) is 21.4. The molecule has 0 saturated heterocycles. The second-order valence-electron chi connectivity index (χ2n) is 5.67. The molecule has 0 atom stereocenters. The second kappa shape index (κ2) is 21.3. The molecule has 0 aromatic heterocycles. The van der Waals surface area contributed by atoms with Crippen molar-refractivity contribution in [2.75, 3.05) is 0 Å². The smallest absolute Gasteiger partial charge is 0 e. The van der Waals surface area contributed by atoms with Crippen LogP contribution in [0.15, 0.2) is 12.7 Å². The summed E-state index contributed by atoms with van der Waals surface area (Å²) in [6.07, 6.45) is 23.5. The van der Waals surface area contributed by atoms with E-state index < -0.39 is 0 Å². The molecule has 0 nitrogen and oxygen atoms in total. The zero-order chi connectivity index (χ0) is 13.3. The average molecular weight is 420 g/mol. The fraction of sp³-hybridized carbons (Fsp3) is 0.889. The van der Waals surface area contributed by atoms with Crippen LogP contribution in [-0.2, 0) is 0 Å². The van der Waals surface area contributed by atoms with Gasteiger partial charge in [0.25, 0.3) is 0 Å². The van der Waals surface area contributed by atoms with Crippen LogP contribution in [0.4, 0.5) is 0 Å². The monoisotopic (exact) mass is 418 g/mol. The SMILES string of the molecule is C=CCCCCCCCCCCCCCCCC.[Er]. The van der Waals surface area contributed by atoms with E-state index in [-0.39, 0.29) is 37.3 Å². The molecule has 19 heavy (non-hydrogen) atoms. The van der Waals surface area contributed by atoms with Crippen molar-refractivity contribution in [2.24, 2.45) is 0 Å². The Balaban J connectivity index is 0. The maximum atomic E-state index is 3.76. The Labute approximate surface area is 152 Å². The van der Waals surface area contributed by atoms with Crippen LogP contribution in [0.2, 0.25) is 0 Å². The number of rotatable bonds is 15. The topological polar surface area (TPSA) is 0 Å². The van der Waals surface area contributed by atoms with Crippen molar-refractivity contribution in [3.8, 4) is 0 Å². The Morgan fingerprint density at radius 2 is 0.895 bits per heavy atom. The molecule has 120 valence electrons. The van der Waals surface area contributed by atoms with Crippen LogP contribution >= 0.6 is 0 Å². The van der Waals surface area contributed by atoms with Gasteiger partial charge in [-0.05, 0) is 12.8 Å². The van der Waals surface area contributed by atoms with Crippen LogP contribution in [0.3, 0.4) is 0 Å². The van der Waals surface area contributed by atoms with E-state index in [0.29, 0.717) is 0 Å². The van der Waals surface area contributed by atoms with Crippen LogP contribution in [0.25, 0.3) is 0 Å². The Hall–Kier alpha value is 0.987. The van der Waals surface area contributed by atoms with Gasteiger partial charge < -0.3 is 0 Å². The van der Waals surface area contributed by atoms with Crippen molar-refractivity contribution in [1.82, 2.24) is 0 Å². The van der Waals surface area contributed by atoms with Crippen molar-refractivity contribution in [2.45, 2.75) is 103 Å². The molecule has 0 radical (unpaired) electrons. The molecule has 0 aliphatic heterocycles. The molecule has 0 aliphatic carbocycles. The zero-order valence-electron chi connectivity index (χ0n) is 13.2. The number of unbranched alkanes of at least 4 members (excludes halogenated alkanes) is 14. The Kier molecular flexibility index (Phi) is 25.0. The van der Waals surface area contributed by atoms with Crippen LogP contribution < -0.4 is 0 Å². The zero-order valence-corrected chi connectivity index (χ0v) is 15.0. The summed E-state index contributed by atoms with van der Waals surface area (Å²) in [5.41, 5.74) is 0. The van der Waals surface area contributed by atoms with Crippen LogP contribution in [-0.4, -0.2) is 0 Å². The fourth-order valence-electron chi connectivity index (χ4n) is 2.48. The molecule has 0 heterocycles. The quantitative estimate of drug-likeness (QED) is 0.197. The average Bonchev–Trinajstić information content (AvgIpc) is 2.39. The van der Waals surface area contributed by atoms with Gasteiger partial charge in [0.2, 0.25) is 0 Å². The number of hydrogen-bond acceptors (Lipinski definition) is 0. The minimum absolute atomic E-state index is 0. The first-order chi connectivity index (χ1) is 8.91. The third-order valence-electron chi connectivity index (χ3n) is 3.76. The van der Waals surface area contributed by atoms with Crippen molar-refractivity contribution in [1.29, 1.82) is 0 Å². The Morgan fingerprint density at radius 3 is 1.21 bits per heavy atom.